The average molecular weight is 474 g/mol. The van der Waals surface area contributed by atoms with Crippen LogP contribution >= 0.6 is 7.75 Å². The van der Waals surface area contributed by atoms with E-state index >= 15 is 0 Å². The van der Waals surface area contributed by atoms with E-state index in [9.17, 15) is 29.2 Å². The van der Waals surface area contributed by atoms with Crippen LogP contribution in [0, 0.1) is 5.92 Å². The lowest BCUT2D eigenvalue weighted by Crippen LogP contribution is -2.46. The summed E-state index contributed by atoms with van der Waals surface area (Å²) in [5.74, 6) is -1.52. The SMILES string of the molecule is CC(C)C(NP(=O)(OC[C@H]1O[C@@H](NC(=O)NC(N)=O)C[C@@H]1O)Oc1ccccc1)C(=O)O. The highest BCUT2D eigenvalue weighted by molar-refractivity contribution is 7.52. The van der Waals surface area contributed by atoms with Gasteiger partial charge in [-0.25, -0.2) is 14.2 Å². The normalized spacial score (nSPS) is 23.2. The standard InChI is InChI=1S/C18H27N4O9P/c1-10(2)15(16(24)25)22-32(28,31-11-6-4-3-5-7-11)29-9-13-12(23)8-14(30-13)20-18(27)21-17(19)26/h3-7,10,12-15,23H,8-9H2,1-2H3,(H,22,28)(H,24,25)(H4,19,20,21,26,27)/t12-,13+,14+,15?,32?/m0/s1. The predicted molar refractivity (Wildman–Crippen MR) is 111 cm³/mol. The molecule has 0 aliphatic carbocycles. The van der Waals surface area contributed by atoms with E-state index in [0.717, 1.165) is 0 Å². The highest BCUT2D eigenvalue weighted by Gasteiger charge is 2.40. The molecule has 1 heterocycles. The molecule has 5 atom stereocenters. The molecule has 1 aromatic carbocycles. The minimum atomic E-state index is -4.23. The second-order valence-corrected chi connectivity index (χ2v) is 9.01. The Hall–Kier alpha value is -2.70. The van der Waals surface area contributed by atoms with Gasteiger partial charge in [0.2, 0.25) is 0 Å². The third-order valence-electron chi connectivity index (χ3n) is 4.36. The molecule has 14 heteroatoms. The molecule has 1 aliphatic heterocycles. The molecule has 0 saturated carbocycles. The maximum Gasteiger partial charge on any atom is 0.459 e. The summed E-state index contributed by atoms with van der Waals surface area (Å²) in [5.41, 5.74) is 4.85. The zero-order valence-corrected chi connectivity index (χ0v) is 18.4. The zero-order valence-electron chi connectivity index (χ0n) is 17.5. The highest BCUT2D eigenvalue weighted by atomic mass is 31.2. The maximum absolute atomic E-state index is 13.4. The summed E-state index contributed by atoms with van der Waals surface area (Å²) < 4.78 is 29.7. The number of benzene rings is 1. The number of carboxylic acid groups (broad SMARTS) is 1. The van der Waals surface area contributed by atoms with E-state index in [1.165, 1.54) is 12.1 Å². The first-order valence-corrected chi connectivity index (χ1v) is 11.2. The number of aliphatic hydroxyl groups excluding tert-OH is 1. The second-order valence-electron chi connectivity index (χ2n) is 7.32. The Bertz CT molecular complexity index is 854. The number of hydrogen-bond acceptors (Lipinski definition) is 8. The molecule has 1 saturated heterocycles. The van der Waals surface area contributed by atoms with Crippen LogP contribution in [0.4, 0.5) is 9.59 Å². The lowest BCUT2D eigenvalue weighted by molar-refractivity contribution is -0.140. The van der Waals surface area contributed by atoms with Crippen molar-refractivity contribution in [2.24, 2.45) is 11.7 Å². The summed E-state index contributed by atoms with van der Waals surface area (Å²) in [5, 5.41) is 26.1. The molecule has 1 aliphatic rings. The largest absolute Gasteiger partial charge is 0.480 e. The number of aliphatic carboxylic acids is 1. The molecule has 13 nitrogen and oxygen atoms in total. The molecule has 2 rings (SSSR count). The van der Waals surface area contributed by atoms with E-state index in [1.54, 1.807) is 37.4 Å². The van der Waals surface area contributed by atoms with Gasteiger partial charge in [0, 0.05) is 6.42 Å². The van der Waals surface area contributed by atoms with Gasteiger partial charge >= 0.3 is 25.8 Å². The number of carbonyl (C=O) groups excluding carboxylic acids is 2. The van der Waals surface area contributed by atoms with Gasteiger partial charge in [-0.3, -0.25) is 14.6 Å². The number of amides is 4. The van der Waals surface area contributed by atoms with Crippen LogP contribution in [0.15, 0.2) is 30.3 Å². The number of hydrogen-bond donors (Lipinski definition) is 6. The first kappa shape index (κ1) is 25.6. The number of imide groups is 1. The van der Waals surface area contributed by atoms with Crippen molar-refractivity contribution in [1.82, 2.24) is 15.7 Å². The summed E-state index contributed by atoms with van der Waals surface area (Å²) in [7, 11) is -4.23. The molecule has 0 radical (unpaired) electrons. The van der Waals surface area contributed by atoms with E-state index in [-0.39, 0.29) is 12.2 Å². The Morgan fingerprint density at radius 2 is 1.94 bits per heavy atom. The number of ether oxygens (including phenoxy) is 1. The Balaban J connectivity index is 2.07. The van der Waals surface area contributed by atoms with Gasteiger partial charge in [0.15, 0.2) is 0 Å². The molecule has 4 amide bonds. The molecule has 0 aromatic heterocycles. The van der Waals surface area contributed by atoms with Crippen LogP contribution in [0.2, 0.25) is 0 Å². The van der Waals surface area contributed by atoms with Gasteiger partial charge in [-0.15, -0.1) is 0 Å². The van der Waals surface area contributed by atoms with Crippen molar-refractivity contribution in [3.05, 3.63) is 30.3 Å². The molecule has 1 aromatic rings. The van der Waals surface area contributed by atoms with Crippen molar-refractivity contribution >= 4 is 25.8 Å². The van der Waals surface area contributed by atoms with E-state index in [4.69, 9.17) is 19.5 Å². The third kappa shape index (κ3) is 7.77. The lowest BCUT2D eigenvalue weighted by atomic mass is 10.1. The first-order valence-electron chi connectivity index (χ1n) is 9.69. The highest BCUT2D eigenvalue weighted by Crippen LogP contribution is 2.46. The quantitative estimate of drug-likeness (QED) is 0.263. The number of primary amides is 1. The molecule has 2 unspecified atom stereocenters. The lowest BCUT2D eigenvalue weighted by Gasteiger charge is -2.26. The molecule has 32 heavy (non-hydrogen) atoms. The summed E-state index contributed by atoms with van der Waals surface area (Å²) in [4.78, 5) is 33.8. The summed E-state index contributed by atoms with van der Waals surface area (Å²) >= 11 is 0. The fourth-order valence-electron chi connectivity index (χ4n) is 2.81. The Morgan fingerprint density at radius 1 is 1.28 bits per heavy atom. The van der Waals surface area contributed by atoms with Gasteiger partial charge in [0.05, 0.1) is 12.7 Å². The predicted octanol–water partition coefficient (Wildman–Crippen LogP) is 0.743. The molecular formula is C18H27N4O9P. The number of aliphatic hydroxyl groups is 1. The molecular weight excluding hydrogens is 447 g/mol. The van der Waals surface area contributed by atoms with Crippen molar-refractivity contribution in [1.29, 1.82) is 0 Å². The fourth-order valence-corrected chi connectivity index (χ4v) is 4.48. The van der Waals surface area contributed by atoms with Gasteiger partial charge in [-0.1, -0.05) is 32.0 Å². The third-order valence-corrected chi connectivity index (χ3v) is 5.89. The van der Waals surface area contributed by atoms with Crippen LogP contribution in [0.25, 0.3) is 0 Å². The van der Waals surface area contributed by atoms with Gasteiger partial charge in [-0.2, -0.15) is 5.09 Å². The van der Waals surface area contributed by atoms with Crippen LogP contribution in [0.3, 0.4) is 0 Å². The van der Waals surface area contributed by atoms with Crippen molar-refractivity contribution < 1.29 is 42.9 Å². The topological polar surface area (TPSA) is 199 Å². The van der Waals surface area contributed by atoms with Gasteiger partial charge in [0.1, 0.15) is 24.1 Å². The zero-order chi connectivity index (χ0) is 23.9. The summed E-state index contributed by atoms with van der Waals surface area (Å²) in [6.45, 7) is 2.80. The minimum Gasteiger partial charge on any atom is -0.480 e. The second kappa shape index (κ2) is 11.2. The van der Waals surface area contributed by atoms with Crippen molar-refractivity contribution in [2.75, 3.05) is 6.61 Å². The van der Waals surface area contributed by atoms with Crippen molar-refractivity contribution in [3.8, 4) is 5.75 Å². The van der Waals surface area contributed by atoms with Crippen LogP contribution in [0.5, 0.6) is 5.75 Å². The Labute approximate surface area is 184 Å². The van der Waals surface area contributed by atoms with E-state index < -0.39 is 62.8 Å². The summed E-state index contributed by atoms with van der Waals surface area (Å²) in [6, 6.07) is 4.78. The van der Waals surface area contributed by atoms with Gasteiger partial charge < -0.3 is 30.5 Å². The molecule has 0 spiro atoms. The number of nitrogens with one attached hydrogen (secondary N) is 3. The molecule has 0 bridgehead atoms. The molecule has 1 fully saturated rings. The number of rotatable bonds is 10. The summed E-state index contributed by atoms with van der Waals surface area (Å²) in [6.07, 6.45) is -3.14. The fraction of sp³-hybridized carbons (Fsp3) is 0.500. The first-order chi connectivity index (χ1) is 15.0. The molecule has 178 valence electrons. The monoisotopic (exact) mass is 474 g/mol. The maximum atomic E-state index is 13.4. The van der Waals surface area contributed by atoms with E-state index in [0.29, 0.717) is 0 Å². The van der Waals surface area contributed by atoms with Crippen LogP contribution in [0.1, 0.15) is 20.3 Å². The number of urea groups is 2. The number of nitrogens with two attached hydrogens (primary N) is 1. The van der Waals surface area contributed by atoms with Gasteiger partial charge in [0.25, 0.3) is 0 Å². The van der Waals surface area contributed by atoms with Crippen LogP contribution in [-0.2, 0) is 18.6 Å². The number of para-hydroxylation sites is 1. The van der Waals surface area contributed by atoms with Crippen molar-refractivity contribution in [3.63, 3.8) is 0 Å². The Morgan fingerprint density at radius 3 is 2.50 bits per heavy atom. The number of carbonyl (C=O) groups is 3. The van der Waals surface area contributed by atoms with E-state index in [2.05, 4.69) is 10.4 Å². The van der Waals surface area contributed by atoms with Crippen molar-refractivity contribution in [2.45, 2.75) is 44.7 Å². The Kier molecular flexibility index (Phi) is 8.99. The average Bonchev–Trinajstić information content (AvgIpc) is 3.03. The van der Waals surface area contributed by atoms with E-state index in [1.807, 2.05) is 0 Å². The molecule has 7 N–H and O–H groups in total. The number of carboxylic acids is 1. The smallest absolute Gasteiger partial charge is 0.459 e. The van der Waals surface area contributed by atoms with Crippen LogP contribution in [-0.4, -0.2) is 59.3 Å². The van der Waals surface area contributed by atoms with Crippen LogP contribution < -0.4 is 26.0 Å². The minimum absolute atomic E-state index is 0.0405. The van der Waals surface area contributed by atoms with Gasteiger partial charge in [-0.05, 0) is 18.1 Å².